The van der Waals surface area contributed by atoms with Crippen LogP contribution in [0.1, 0.15) is 13.3 Å². The highest BCUT2D eigenvalue weighted by Gasteiger charge is 2.09. The molecular formula is C13H19N5OS. The van der Waals surface area contributed by atoms with Gasteiger partial charge in [0.2, 0.25) is 11.9 Å². The monoisotopic (exact) mass is 293 g/mol. The lowest BCUT2D eigenvalue weighted by Gasteiger charge is -2.12. The Morgan fingerprint density at radius 2 is 2.15 bits per heavy atom. The summed E-state index contributed by atoms with van der Waals surface area (Å²) in [6, 6.07) is 1.99. The predicted molar refractivity (Wildman–Crippen MR) is 83.4 cm³/mol. The average Bonchev–Trinajstić information content (AvgIpc) is 2.87. The second kappa shape index (κ2) is 6.51. The van der Waals surface area contributed by atoms with E-state index in [1.165, 1.54) is 0 Å². The molecule has 108 valence electrons. The third kappa shape index (κ3) is 3.36. The highest BCUT2D eigenvalue weighted by atomic mass is 32.1. The van der Waals surface area contributed by atoms with Gasteiger partial charge in [0.15, 0.2) is 0 Å². The van der Waals surface area contributed by atoms with Crippen LogP contribution in [0.25, 0.3) is 10.2 Å². The van der Waals surface area contributed by atoms with Crippen molar-refractivity contribution in [1.29, 1.82) is 0 Å². The number of aromatic nitrogens is 2. The minimum absolute atomic E-state index is 0.0972. The van der Waals surface area contributed by atoms with Crippen LogP contribution in [0, 0.1) is 0 Å². The van der Waals surface area contributed by atoms with E-state index in [0.29, 0.717) is 18.9 Å². The number of thiophene rings is 1. The summed E-state index contributed by atoms with van der Waals surface area (Å²) in [4.78, 5) is 23.0. The molecule has 2 aromatic heterocycles. The highest BCUT2D eigenvalue weighted by Crippen LogP contribution is 2.26. The average molecular weight is 293 g/mol. The standard InChI is InChI=1S/C13H19N5OS/c1-4-14-13-16-11(9-6-8-20-12(9)17-13)15-7-5-10(19)18(2)3/h6,8H,4-5,7H2,1-3H3,(H2,14,15,16,17). The number of anilines is 2. The number of rotatable bonds is 6. The molecule has 7 heteroatoms. The Morgan fingerprint density at radius 3 is 2.85 bits per heavy atom. The number of carbonyl (C=O) groups is 1. The Hall–Kier alpha value is -1.89. The van der Waals surface area contributed by atoms with Crippen molar-refractivity contribution >= 4 is 39.2 Å². The third-order valence-corrected chi connectivity index (χ3v) is 3.60. The van der Waals surface area contributed by atoms with E-state index in [1.54, 1.807) is 30.3 Å². The number of nitrogens with one attached hydrogen (secondary N) is 2. The van der Waals surface area contributed by atoms with E-state index in [2.05, 4.69) is 20.6 Å². The molecule has 2 rings (SSSR count). The van der Waals surface area contributed by atoms with Gasteiger partial charge in [-0.05, 0) is 18.4 Å². The first-order chi connectivity index (χ1) is 9.61. The van der Waals surface area contributed by atoms with Gasteiger partial charge < -0.3 is 15.5 Å². The quantitative estimate of drug-likeness (QED) is 0.852. The van der Waals surface area contributed by atoms with E-state index in [0.717, 1.165) is 22.6 Å². The van der Waals surface area contributed by atoms with Crippen LogP contribution in [-0.4, -0.2) is 48.0 Å². The fourth-order valence-electron chi connectivity index (χ4n) is 1.74. The minimum Gasteiger partial charge on any atom is -0.369 e. The summed E-state index contributed by atoms with van der Waals surface area (Å²) in [5.74, 6) is 1.49. The van der Waals surface area contributed by atoms with E-state index in [9.17, 15) is 4.79 Å². The maximum atomic E-state index is 11.6. The second-order valence-electron chi connectivity index (χ2n) is 4.53. The molecule has 0 aliphatic carbocycles. The van der Waals surface area contributed by atoms with Crippen molar-refractivity contribution in [3.63, 3.8) is 0 Å². The number of fused-ring (bicyclic) bond motifs is 1. The van der Waals surface area contributed by atoms with Gasteiger partial charge in [-0.15, -0.1) is 11.3 Å². The van der Waals surface area contributed by atoms with Gasteiger partial charge in [-0.3, -0.25) is 4.79 Å². The van der Waals surface area contributed by atoms with Crippen molar-refractivity contribution in [2.75, 3.05) is 37.8 Å². The molecule has 2 heterocycles. The Labute approximate surface area is 122 Å². The molecular weight excluding hydrogens is 274 g/mol. The summed E-state index contributed by atoms with van der Waals surface area (Å²) in [6.07, 6.45) is 0.444. The Morgan fingerprint density at radius 1 is 1.35 bits per heavy atom. The van der Waals surface area contributed by atoms with Gasteiger partial charge in [0.1, 0.15) is 10.6 Å². The van der Waals surface area contributed by atoms with Crippen molar-refractivity contribution in [1.82, 2.24) is 14.9 Å². The number of carbonyl (C=O) groups excluding carboxylic acids is 1. The number of hydrogen-bond acceptors (Lipinski definition) is 6. The number of amides is 1. The van der Waals surface area contributed by atoms with Gasteiger partial charge >= 0.3 is 0 Å². The zero-order valence-corrected chi connectivity index (χ0v) is 12.8. The summed E-state index contributed by atoms with van der Waals surface area (Å²) < 4.78 is 0. The maximum Gasteiger partial charge on any atom is 0.226 e. The second-order valence-corrected chi connectivity index (χ2v) is 5.43. The molecule has 0 unspecified atom stereocenters. The largest absolute Gasteiger partial charge is 0.369 e. The molecule has 2 N–H and O–H groups in total. The number of nitrogens with zero attached hydrogens (tertiary/aromatic N) is 3. The van der Waals surface area contributed by atoms with Crippen molar-refractivity contribution < 1.29 is 4.79 Å². The zero-order chi connectivity index (χ0) is 14.5. The molecule has 0 aromatic carbocycles. The molecule has 0 bridgehead atoms. The van der Waals surface area contributed by atoms with Gasteiger partial charge in [0.05, 0.1) is 5.39 Å². The number of hydrogen-bond donors (Lipinski definition) is 2. The summed E-state index contributed by atoms with van der Waals surface area (Å²) in [7, 11) is 3.51. The molecule has 0 saturated heterocycles. The van der Waals surface area contributed by atoms with E-state index in [4.69, 9.17) is 0 Å². The predicted octanol–water partition coefficient (Wildman–Crippen LogP) is 2.01. The van der Waals surface area contributed by atoms with Crippen LogP contribution in [0.5, 0.6) is 0 Å². The molecule has 0 atom stereocenters. The van der Waals surface area contributed by atoms with Gasteiger partial charge in [0, 0.05) is 33.6 Å². The summed E-state index contributed by atoms with van der Waals surface area (Å²) in [6.45, 7) is 3.34. The van der Waals surface area contributed by atoms with E-state index in [1.807, 2.05) is 18.4 Å². The Balaban J connectivity index is 2.11. The minimum atomic E-state index is 0.0972. The molecule has 6 nitrogen and oxygen atoms in total. The zero-order valence-electron chi connectivity index (χ0n) is 11.9. The van der Waals surface area contributed by atoms with Gasteiger partial charge in [-0.1, -0.05) is 0 Å². The van der Waals surface area contributed by atoms with Crippen LogP contribution in [0.3, 0.4) is 0 Å². The highest BCUT2D eigenvalue weighted by molar-refractivity contribution is 7.16. The molecule has 0 fully saturated rings. The fraction of sp³-hybridized carbons (Fsp3) is 0.462. The Bertz CT molecular complexity index is 595. The van der Waals surface area contributed by atoms with Crippen molar-refractivity contribution in [2.24, 2.45) is 0 Å². The van der Waals surface area contributed by atoms with Gasteiger partial charge in [0.25, 0.3) is 0 Å². The summed E-state index contributed by atoms with van der Waals surface area (Å²) >= 11 is 1.58. The van der Waals surface area contributed by atoms with Crippen LogP contribution in [0.2, 0.25) is 0 Å². The van der Waals surface area contributed by atoms with Crippen molar-refractivity contribution in [3.8, 4) is 0 Å². The molecule has 0 aliphatic heterocycles. The molecule has 0 saturated carbocycles. The summed E-state index contributed by atoms with van der Waals surface area (Å²) in [5, 5.41) is 9.33. The lowest BCUT2D eigenvalue weighted by atomic mass is 10.3. The van der Waals surface area contributed by atoms with Crippen molar-refractivity contribution in [2.45, 2.75) is 13.3 Å². The van der Waals surface area contributed by atoms with E-state index < -0.39 is 0 Å². The lowest BCUT2D eigenvalue weighted by molar-refractivity contribution is -0.128. The van der Waals surface area contributed by atoms with E-state index >= 15 is 0 Å². The Kier molecular flexibility index (Phi) is 4.73. The topological polar surface area (TPSA) is 70.2 Å². The van der Waals surface area contributed by atoms with Gasteiger partial charge in [-0.25, -0.2) is 4.98 Å². The van der Waals surface area contributed by atoms with Crippen LogP contribution in [-0.2, 0) is 4.79 Å². The molecule has 1 amide bonds. The van der Waals surface area contributed by atoms with Crippen LogP contribution in [0.4, 0.5) is 11.8 Å². The summed E-state index contributed by atoms with van der Waals surface area (Å²) in [5.41, 5.74) is 0. The first-order valence-electron chi connectivity index (χ1n) is 6.55. The first kappa shape index (κ1) is 14.5. The molecule has 20 heavy (non-hydrogen) atoms. The SMILES string of the molecule is CCNc1nc(NCCC(=O)N(C)C)c2ccsc2n1. The van der Waals surface area contributed by atoms with Gasteiger partial charge in [-0.2, -0.15) is 4.98 Å². The van der Waals surface area contributed by atoms with Crippen LogP contribution < -0.4 is 10.6 Å². The normalized spacial score (nSPS) is 10.6. The van der Waals surface area contributed by atoms with Crippen molar-refractivity contribution in [3.05, 3.63) is 11.4 Å². The molecule has 0 radical (unpaired) electrons. The van der Waals surface area contributed by atoms with E-state index in [-0.39, 0.29) is 5.91 Å². The molecule has 2 aromatic rings. The van der Waals surface area contributed by atoms with Crippen LogP contribution >= 0.6 is 11.3 Å². The lowest BCUT2D eigenvalue weighted by Crippen LogP contribution is -2.24. The van der Waals surface area contributed by atoms with Crippen LogP contribution in [0.15, 0.2) is 11.4 Å². The molecule has 0 spiro atoms. The maximum absolute atomic E-state index is 11.6. The molecule has 0 aliphatic rings. The third-order valence-electron chi connectivity index (χ3n) is 2.79. The first-order valence-corrected chi connectivity index (χ1v) is 7.43. The smallest absolute Gasteiger partial charge is 0.226 e. The fourth-order valence-corrected chi connectivity index (χ4v) is 2.50.